The second kappa shape index (κ2) is 6.00. The van der Waals surface area contributed by atoms with E-state index < -0.39 is 0 Å². The molecule has 0 saturated carbocycles. The minimum Gasteiger partial charge on any atom is -0.303 e. The van der Waals surface area contributed by atoms with Crippen molar-refractivity contribution in [1.82, 2.24) is 5.32 Å². The third-order valence-electron chi connectivity index (χ3n) is 3.19. The van der Waals surface area contributed by atoms with E-state index in [4.69, 9.17) is 0 Å². The van der Waals surface area contributed by atoms with Crippen LogP contribution in [0.1, 0.15) is 41.9 Å². The van der Waals surface area contributed by atoms with Crippen LogP contribution in [0.5, 0.6) is 0 Å². The van der Waals surface area contributed by atoms with Gasteiger partial charge < -0.3 is 5.32 Å². The molecule has 0 radical (unpaired) electrons. The van der Waals surface area contributed by atoms with Crippen LogP contribution in [-0.2, 0) is 0 Å². The second-order valence-electron chi connectivity index (χ2n) is 4.60. The van der Waals surface area contributed by atoms with Gasteiger partial charge in [0, 0.05) is 21.4 Å². The number of nitrogens with one attached hydrogen (secondary N) is 1. The molecule has 0 aliphatic rings. The molecule has 1 heterocycles. The molecule has 0 spiro atoms. The molecule has 1 aromatic carbocycles. The highest BCUT2D eigenvalue weighted by Crippen LogP contribution is 2.30. The summed E-state index contributed by atoms with van der Waals surface area (Å²) in [4.78, 5) is 1.36. The first-order valence-corrected chi connectivity index (χ1v) is 7.81. The Morgan fingerprint density at radius 3 is 2.44 bits per heavy atom. The Kier molecular flexibility index (Phi) is 4.60. The normalized spacial score (nSPS) is 14.4. The number of aryl methyl sites for hydroxylation is 1. The molecule has 1 unspecified atom stereocenters. The largest absolute Gasteiger partial charge is 0.303 e. The van der Waals surface area contributed by atoms with Crippen LogP contribution in [0.2, 0.25) is 0 Å². The van der Waals surface area contributed by atoms with E-state index >= 15 is 0 Å². The lowest BCUT2D eigenvalue weighted by Crippen LogP contribution is -2.22. The molecule has 2 atom stereocenters. The molecular weight excluding hydrogens is 306 g/mol. The molecule has 0 amide bonds. The van der Waals surface area contributed by atoms with Crippen molar-refractivity contribution in [2.45, 2.75) is 32.9 Å². The Balaban J connectivity index is 2.11. The minimum absolute atomic E-state index is 0.356. The van der Waals surface area contributed by atoms with Crippen LogP contribution < -0.4 is 5.32 Å². The minimum atomic E-state index is 0.356. The topological polar surface area (TPSA) is 12.0 Å². The summed E-state index contributed by atoms with van der Waals surface area (Å²) in [6, 6.07) is 11.4. The summed E-state index contributed by atoms with van der Waals surface area (Å²) in [5.41, 5.74) is 2.71. The molecule has 1 N–H and O–H groups in total. The first-order valence-electron chi connectivity index (χ1n) is 6.14. The maximum Gasteiger partial charge on any atom is 0.0402 e. The molecule has 0 aliphatic carbocycles. The molecule has 18 heavy (non-hydrogen) atoms. The number of rotatable bonds is 4. The summed E-state index contributed by atoms with van der Waals surface area (Å²) < 4.78 is 1.20. The Bertz CT molecular complexity index is 521. The predicted molar refractivity (Wildman–Crippen MR) is 83.2 cm³/mol. The summed E-state index contributed by atoms with van der Waals surface area (Å²) in [6.45, 7) is 6.60. The fourth-order valence-electron chi connectivity index (χ4n) is 2.23. The van der Waals surface area contributed by atoms with Gasteiger partial charge in [0.25, 0.3) is 0 Å². The third-order valence-corrected chi connectivity index (χ3v) is 5.25. The monoisotopic (exact) mass is 323 g/mol. The van der Waals surface area contributed by atoms with Crippen LogP contribution in [-0.4, -0.2) is 0 Å². The lowest BCUT2D eigenvalue weighted by Gasteiger charge is -2.21. The molecular formula is C15H18BrNS. The van der Waals surface area contributed by atoms with Crippen LogP contribution in [0.25, 0.3) is 0 Å². The van der Waals surface area contributed by atoms with Crippen LogP contribution in [0.3, 0.4) is 0 Å². The van der Waals surface area contributed by atoms with Gasteiger partial charge in [-0.25, -0.2) is 0 Å². The van der Waals surface area contributed by atoms with Crippen molar-refractivity contribution in [3.05, 3.63) is 56.2 Å². The van der Waals surface area contributed by atoms with E-state index in [9.17, 15) is 0 Å². The highest BCUT2D eigenvalue weighted by Gasteiger charge is 2.15. The van der Waals surface area contributed by atoms with Gasteiger partial charge in [-0.1, -0.05) is 24.3 Å². The van der Waals surface area contributed by atoms with E-state index in [0.29, 0.717) is 12.1 Å². The van der Waals surface area contributed by atoms with Gasteiger partial charge in [-0.3, -0.25) is 0 Å². The average molecular weight is 324 g/mol. The third kappa shape index (κ3) is 3.02. The molecule has 96 valence electrons. The molecule has 0 aliphatic heterocycles. The molecule has 1 aromatic heterocycles. The number of hydrogen-bond donors (Lipinski definition) is 1. The summed E-state index contributed by atoms with van der Waals surface area (Å²) in [5.74, 6) is 0. The Morgan fingerprint density at radius 1 is 1.11 bits per heavy atom. The van der Waals surface area contributed by atoms with Gasteiger partial charge in [0.05, 0.1) is 0 Å². The standard InChI is InChI=1S/C15H18BrNS/c1-10-6-4-5-7-13(10)11(2)17-12(3)15-14(16)8-9-18-15/h4-9,11-12,17H,1-3H3/t11-,12?/m0/s1. The van der Waals surface area contributed by atoms with Crippen molar-refractivity contribution >= 4 is 27.3 Å². The van der Waals surface area contributed by atoms with Crippen LogP contribution >= 0.6 is 27.3 Å². The summed E-state index contributed by atoms with van der Waals surface area (Å²) >= 11 is 5.39. The zero-order valence-corrected chi connectivity index (χ0v) is 13.3. The van der Waals surface area contributed by atoms with E-state index in [1.165, 1.54) is 20.5 Å². The van der Waals surface area contributed by atoms with Gasteiger partial charge in [0.2, 0.25) is 0 Å². The number of benzene rings is 1. The van der Waals surface area contributed by atoms with Crippen molar-refractivity contribution in [3.63, 3.8) is 0 Å². The molecule has 0 fully saturated rings. The zero-order chi connectivity index (χ0) is 13.1. The smallest absolute Gasteiger partial charge is 0.0402 e. The van der Waals surface area contributed by atoms with E-state index in [1.807, 2.05) is 0 Å². The van der Waals surface area contributed by atoms with Crippen molar-refractivity contribution in [2.75, 3.05) is 0 Å². The first-order chi connectivity index (χ1) is 8.59. The summed E-state index contributed by atoms with van der Waals surface area (Å²) in [5, 5.41) is 5.78. The van der Waals surface area contributed by atoms with Crippen LogP contribution in [0.15, 0.2) is 40.2 Å². The van der Waals surface area contributed by atoms with Crippen LogP contribution in [0.4, 0.5) is 0 Å². The second-order valence-corrected chi connectivity index (χ2v) is 6.40. The van der Waals surface area contributed by atoms with Crippen molar-refractivity contribution < 1.29 is 0 Å². The quantitative estimate of drug-likeness (QED) is 0.812. The molecule has 2 rings (SSSR count). The van der Waals surface area contributed by atoms with Crippen molar-refractivity contribution in [1.29, 1.82) is 0 Å². The maximum absolute atomic E-state index is 3.66. The number of hydrogen-bond acceptors (Lipinski definition) is 2. The van der Waals surface area contributed by atoms with E-state index in [2.05, 4.69) is 77.7 Å². The van der Waals surface area contributed by atoms with Gasteiger partial charge in [-0.05, 0) is 59.3 Å². The maximum atomic E-state index is 3.66. The molecule has 2 aromatic rings. The van der Waals surface area contributed by atoms with Crippen molar-refractivity contribution in [3.8, 4) is 0 Å². The average Bonchev–Trinajstić information content (AvgIpc) is 2.76. The van der Waals surface area contributed by atoms with E-state index in [0.717, 1.165) is 0 Å². The van der Waals surface area contributed by atoms with Gasteiger partial charge >= 0.3 is 0 Å². The lowest BCUT2D eigenvalue weighted by molar-refractivity contribution is 0.497. The number of halogens is 1. The van der Waals surface area contributed by atoms with Gasteiger partial charge in [0.1, 0.15) is 0 Å². The summed E-state index contributed by atoms with van der Waals surface area (Å²) in [7, 11) is 0. The van der Waals surface area contributed by atoms with Crippen LogP contribution in [0, 0.1) is 6.92 Å². The SMILES string of the molecule is Cc1ccccc1[C@H](C)NC(C)c1sccc1Br. The van der Waals surface area contributed by atoms with E-state index in [1.54, 1.807) is 11.3 Å². The molecule has 1 nitrogen and oxygen atoms in total. The first kappa shape index (κ1) is 13.8. The highest BCUT2D eigenvalue weighted by atomic mass is 79.9. The fourth-order valence-corrected chi connectivity index (χ4v) is 3.96. The predicted octanol–water partition coefficient (Wildman–Crippen LogP) is 5.23. The van der Waals surface area contributed by atoms with E-state index in [-0.39, 0.29) is 0 Å². The Labute approximate surface area is 121 Å². The Morgan fingerprint density at radius 2 is 1.83 bits per heavy atom. The molecule has 0 bridgehead atoms. The fraction of sp³-hybridized carbons (Fsp3) is 0.333. The lowest BCUT2D eigenvalue weighted by atomic mass is 10.0. The van der Waals surface area contributed by atoms with Gasteiger partial charge in [-0.2, -0.15) is 0 Å². The highest BCUT2D eigenvalue weighted by molar-refractivity contribution is 9.10. The number of thiophene rings is 1. The zero-order valence-electron chi connectivity index (χ0n) is 10.9. The van der Waals surface area contributed by atoms with Crippen molar-refractivity contribution in [2.24, 2.45) is 0 Å². The van der Waals surface area contributed by atoms with Gasteiger partial charge in [0.15, 0.2) is 0 Å². The van der Waals surface area contributed by atoms with Gasteiger partial charge in [-0.15, -0.1) is 11.3 Å². The Hall–Kier alpha value is -0.640. The molecule has 0 saturated heterocycles. The molecule has 3 heteroatoms. The summed E-state index contributed by atoms with van der Waals surface area (Å²) in [6.07, 6.45) is 0.